The Balaban J connectivity index is 1.64. The van der Waals surface area contributed by atoms with Gasteiger partial charge in [-0.05, 0) is 31.0 Å². The van der Waals surface area contributed by atoms with Gasteiger partial charge in [-0.2, -0.15) is 5.26 Å². The standard InChI is InChI=1S/C17H16N4O4/c18-10-12-1-2-15(16(9-12)21(23)24)19-14-3-6-20(7-4-14)17(22)13-5-8-25-11-13/h1-2,5,8-9,11,14,19H,3-4,6-7H2. The molecule has 0 bridgehead atoms. The highest BCUT2D eigenvalue weighted by molar-refractivity contribution is 5.93. The Labute approximate surface area is 143 Å². The molecule has 25 heavy (non-hydrogen) atoms. The number of nitro groups is 1. The maximum Gasteiger partial charge on any atom is 0.293 e. The molecule has 1 amide bonds. The van der Waals surface area contributed by atoms with Crippen LogP contribution in [0, 0.1) is 21.4 Å². The minimum atomic E-state index is -0.499. The number of hydrogen-bond acceptors (Lipinski definition) is 6. The second-order valence-electron chi connectivity index (χ2n) is 5.82. The Morgan fingerprint density at radius 1 is 1.36 bits per heavy atom. The molecule has 3 rings (SSSR count). The summed E-state index contributed by atoms with van der Waals surface area (Å²) in [7, 11) is 0. The summed E-state index contributed by atoms with van der Waals surface area (Å²) in [4.78, 5) is 24.7. The number of nitro benzene ring substituents is 1. The van der Waals surface area contributed by atoms with Crippen LogP contribution < -0.4 is 5.32 Å². The van der Waals surface area contributed by atoms with Gasteiger partial charge in [0, 0.05) is 25.2 Å². The zero-order valence-electron chi connectivity index (χ0n) is 13.3. The fourth-order valence-electron chi connectivity index (χ4n) is 2.89. The van der Waals surface area contributed by atoms with E-state index in [1.165, 1.54) is 18.6 Å². The van der Waals surface area contributed by atoms with Crippen molar-refractivity contribution in [2.45, 2.75) is 18.9 Å². The van der Waals surface area contributed by atoms with Gasteiger partial charge in [0.05, 0.1) is 28.4 Å². The summed E-state index contributed by atoms with van der Waals surface area (Å²) in [5.74, 6) is -0.0726. The highest BCUT2D eigenvalue weighted by Crippen LogP contribution is 2.28. The first kappa shape index (κ1) is 16.5. The third-order valence-electron chi connectivity index (χ3n) is 4.23. The number of carbonyl (C=O) groups excluding carboxylic acids is 1. The van der Waals surface area contributed by atoms with Crippen molar-refractivity contribution in [3.8, 4) is 6.07 Å². The summed E-state index contributed by atoms with van der Waals surface area (Å²) in [5.41, 5.74) is 1.05. The summed E-state index contributed by atoms with van der Waals surface area (Å²) in [6, 6.07) is 7.93. The quantitative estimate of drug-likeness (QED) is 0.676. The van der Waals surface area contributed by atoms with E-state index >= 15 is 0 Å². The zero-order chi connectivity index (χ0) is 17.8. The largest absolute Gasteiger partial charge is 0.472 e. The van der Waals surface area contributed by atoms with Crippen LogP contribution in [-0.4, -0.2) is 34.9 Å². The Hall–Kier alpha value is -3.34. The van der Waals surface area contributed by atoms with Crippen molar-refractivity contribution in [1.82, 2.24) is 4.90 Å². The van der Waals surface area contributed by atoms with Crippen molar-refractivity contribution >= 4 is 17.3 Å². The summed E-state index contributed by atoms with van der Waals surface area (Å²) in [6.45, 7) is 1.12. The Kier molecular flexibility index (Phi) is 4.66. The maximum absolute atomic E-state index is 12.3. The monoisotopic (exact) mass is 340 g/mol. The van der Waals surface area contributed by atoms with Gasteiger partial charge in [-0.1, -0.05) is 0 Å². The number of hydrogen-bond donors (Lipinski definition) is 1. The lowest BCUT2D eigenvalue weighted by Crippen LogP contribution is -2.42. The lowest BCUT2D eigenvalue weighted by molar-refractivity contribution is -0.384. The van der Waals surface area contributed by atoms with Crippen molar-refractivity contribution in [1.29, 1.82) is 5.26 Å². The van der Waals surface area contributed by atoms with Crippen LogP contribution >= 0.6 is 0 Å². The van der Waals surface area contributed by atoms with Crippen molar-refractivity contribution in [3.05, 3.63) is 58.0 Å². The molecule has 1 aromatic heterocycles. The molecular formula is C17H16N4O4. The molecule has 0 radical (unpaired) electrons. The number of benzene rings is 1. The van der Waals surface area contributed by atoms with Crippen molar-refractivity contribution in [2.24, 2.45) is 0 Å². The minimum Gasteiger partial charge on any atom is -0.472 e. The van der Waals surface area contributed by atoms with Gasteiger partial charge in [0.2, 0.25) is 0 Å². The number of carbonyl (C=O) groups is 1. The topological polar surface area (TPSA) is 112 Å². The number of anilines is 1. The number of likely N-dealkylation sites (tertiary alicyclic amines) is 1. The predicted octanol–water partition coefficient (Wildman–Crippen LogP) is 2.78. The molecule has 8 nitrogen and oxygen atoms in total. The fraction of sp³-hybridized carbons (Fsp3) is 0.294. The molecule has 0 spiro atoms. The molecule has 128 valence electrons. The van der Waals surface area contributed by atoms with Gasteiger partial charge in [0.1, 0.15) is 12.0 Å². The van der Waals surface area contributed by atoms with Crippen molar-refractivity contribution in [2.75, 3.05) is 18.4 Å². The Morgan fingerprint density at radius 3 is 2.72 bits per heavy atom. The molecular weight excluding hydrogens is 324 g/mol. The van der Waals surface area contributed by atoms with Gasteiger partial charge >= 0.3 is 0 Å². The number of nitrogens with one attached hydrogen (secondary N) is 1. The molecule has 1 N–H and O–H groups in total. The number of piperidine rings is 1. The zero-order valence-corrected chi connectivity index (χ0v) is 13.3. The molecule has 1 aliphatic heterocycles. The van der Waals surface area contributed by atoms with E-state index in [2.05, 4.69) is 5.32 Å². The van der Waals surface area contributed by atoms with E-state index in [4.69, 9.17) is 9.68 Å². The van der Waals surface area contributed by atoms with Crippen LogP contribution in [0.1, 0.15) is 28.8 Å². The molecule has 1 aliphatic rings. The lowest BCUT2D eigenvalue weighted by Gasteiger charge is -2.32. The predicted molar refractivity (Wildman–Crippen MR) is 89.1 cm³/mol. The van der Waals surface area contributed by atoms with E-state index in [1.54, 1.807) is 23.1 Å². The SMILES string of the molecule is N#Cc1ccc(NC2CCN(C(=O)c3ccoc3)CC2)c([N+](=O)[O-])c1. The van der Waals surface area contributed by atoms with Crippen LogP contribution in [0.4, 0.5) is 11.4 Å². The number of nitriles is 1. The van der Waals surface area contributed by atoms with Gasteiger partial charge in [-0.3, -0.25) is 14.9 Å². The van der Waals surface area contributed by atoms with Gasteiger partial charge < -0.3 is 14.6 Å². The molecule has 0 aliphatic carbocycles. The highest BCUT2D eigenvalue weighted by atomic mass is 16.6. The third-order valence-corrected chi connectivity index (χ3v) is 4.23. The molecule has 1 fully saturated rings. The molecule has 2 heterocycles. The van der Waals surface area contributed by atoms with E-state index in [1.807, 2.05) is 6.07 Å². The van der Waals surface area contributed by atoms with Gasteiger partial charge in [-0.15, -0.1) is 0 Å². The molecule has 1 aromatic carbocycles. The van der Waals surface area contributed by atoms with Crippen LogP contribution in [0.15, 0.2) is 41.2 Å². The van der Waals surface area contributed by atoms with Crippen LogP contribution in [-0.2, 0) is 0 Å². The average molecular weight is 340 g/mol. The highest BCUT2D eigenvalue weighted by Gasteiger charge is 2.25. The minimum absolute atomic E-state index is 0.0278. The normalized spacial score (nSPS) is 14.8. The summed E-state index contributed by atoms with van der Waals surface area (Å²) >= 11 is 0. The van der Waals surface area contributed by atoms with E-state index in [0.29, 0.717) is 37.2 Å². The van der Waals surface area contributed by atoms with E-state index in [-0.39, 0.29) is 23.2 Å². The number of amides is 1. The average Bonchev–Trinajstić information content (AvgIpc) is 3.16. The molecule has 0 unspecified atom stereocenters. The van der Waals surface area contributed by atoms with Crippen LogP contribution in [0.25, 0.3) is 0 Å². The third kappa shape index (κ3) is 3.61. The Morgan fingerprint density at radius 2 is 2.12 bits per heavy atom. The molecule has 8 heteroatoms. The van der Waals surface area contributed by atoms with E-state index < -0.39 is 4.92 Å². The van der Waals surface area contributed by atoms with Crippen molar-refractivity contribution < 1.29 is 14.1 Å². The van der Waals surface area contributed by atoms with Crippen molar-refractivity contribution in [3.63, 3.8) is 0 Å². The first-order chi connectivity index (χ1) is 12.1. The second kappa shape index (κ2) is 7.05. The van der Waals surface area contributed by atoms with Crippen LogP contribution in [0.5, 0.6) is 0 Å². The summed E-state index contributed by atoms with van der Waals surface area (Å²) < 4.78 is 4.93. The number of nitrogens with zero attached hydrogens (tertiary/aromatic N) is 3. The summed E-state index contributed by atoms with van der Waals surface area (Å²) in [6.07, 6.45) is 4.25. The first-order valence-electron chi connectivity index (χ1n) is 7.85. The molecule has 0 atom stereocenters. The summed E-state index contributed by atoms with van der Waals surface area (Å²) in [5, 5.41) is 23.2. The smallest absolute Gasteiger partial charge is 0.293 e. The Bertz CT molecular complexity index is 818. The van der Waals surface area contributed by atoms with Gasteiger partial charge in [0.25, 0.3) is 11.6 Å². The number of furan rings is 1. The molecule has 1 saturated heterocycles. The lowest BCUT2D eigenvalue weighted by atomic mass is 10.0. The van der Waals surface area contributed by atoms with E-state index in [9.17, 15) is 14.9 Å². The van der Waals surface area contributed by atoms with Crippen LogP contribution in [0.3, 0.4) is 0 Å². The van der Waals surface area contributed by atoms with E-state index in [0.717, 1.165) is 0 Å². The van der Waals surface area contributed by atoms with Gasteiger partial charge in [0.15, 0.2) is 0 Å². The number of rotatable bonds is 4. The molecule has 2 aromatic rings. The van der Waals surface area contributed by atoms with Gasteiger partial charge in [-0.25, -0.2) is 0 Å². The van der Waals surface area contributed by atoms with Crippen LogP contribution in [0.2, 0.25) is 0 Å². The second-order valence-corrected chi connectivity index (χ2v) is 5.82. The first-order valence-corrected chi connectivity index (χ1v) is 7.85. The molecule has 0 saturated carbocycles. The maximum atomic E-state index is 12.3. The fourth-order valence-corrected chi connectivity index (χ4v) is 2.89.